The van der Waals surface area contributed by atoms with Crippen molar-refractivity contribution in [2.24, 2.45) is 0 Å². The van der Waals surface area contributed by atoms with Gasteiger partial charge >= 0.3 is 11.5 Å². The van der Waals surface area contributed by atoms with E-state index in [1.807, 2.05) is 0 Å². The van der Waals surface area contributed by atoms with Crippen LogP contribution >= 0.6 is 0 Å². The van der Waals surface area contributed by atoms with E-state index >= 15 is 0 Å². The second-order valence-electron chi connectivity index (χ2n) is 3.74. The first kappa shape index (κ1) is 11.2. The lowest BCUT2D eigenvalue weighted by Crippen LogP contribution is -2.01. The van der Waals surface area contributed by atoms with E-state index < -0.39 is 0 Å². The summed E-state index contributed by atoms with van der Waals surface area (Å²) in [6.07, 6.45) is 3.09. The Morgan fingerprint density at radius 3 is 1.50 bits per heavy atom. The second-order valence-corrected chi connectivity index (χ2v) is 3.74. The fourth-order valence-electron chi connectivity index (χ4n) is 2.12. The summed E-state index contributed by atoms with van der Waals surface area (Å²) in [7, 11) is 0. The smallest absolute Gasteiger partial charge is 0.217 e. The van der Waals surface area contributed by atoms with Gasteiger partial charge in [-0.25, -0.2) is 4.42 Å². The minimum Gasteiger partial charge on any atom is -0.217 e. The van der Waals surface area contributed by atoms with Crippen LogP contribution in [0.4, 0.5) is 0 Å². The van der Waals surface area contributed by atoms with Gasteiger partial charge in [0, 0.05) is 0 Å². The first-order chi connectivity index (χ1) is 6.65. The zero-order valence-electron chi connectivity index (χ0n) is 10.0. The average molecular weight is 195 g/mol. The van der Waals surface area contributed by atoms with Crippen molar-refractivity contribution in [1.29, 1.82) is 0 Å². The van der Waals surface area contributed by atoms with E-state index in [1.165, 1.54) is 16.7 Å². The molecule has 1 aromatic rings. The van der Waals surface area contributed by atoms with Gasteiger partial charge < -0.3 is 0 Å². The van der Waals surface area contributed by atoms with E-state index in [-0.39, 0.29) is 0 Å². The molecule has 0 saturated heterocycles. The van der Waals surface area contributed by atoms with Gasteiger partial charge in [-0.05, 0) is 25.8 Å². The second kappa shape index (κ2) is 4.59. The van der Waals surface area contributed by atoms with Crippen LogP contribution in [0.1, 0.15) is 49.0 Å². The van der Waals surface area contributed by atoms with Crippen molar-refractivity contribution in [2.75, 3.05) is 0 Å². The third-order valence-electron chi connectivity index (χ3n) is 2.98. The average Bonchev–Trinajstić information content (AvgIpc) is 2.19. The molecule has 0 spiro atoms. The summed E-state index contributed by atoms with van der Waals surface area (Å²) in [5.74, 6) is 2.31. The molecule has 0 unspecified atom stereocenters. The molecule has 0 aliphatic heterocycles. The van der Waals surface area contributed by atoms with E-state index in [4.69, 9.17) is 4.42 Å². The number of hydrogen-bond donors (Lipinski definition) is 0. The Hall–Kier alpha value is -0.850. The molecule has 0 bridgehead atoms. The molecule has 0 aliphatic carbocycles. The normalized spacial score (nSPS) is 10.6. The lowest BCUT2D eigenvalue weighted by molar-refractivity contribution is 0.444. The fourth-order valence-corrected chi connectivity index (χ4v) is 2.12. The monoisotopic (exact) mass is 195 g/mol. The van der Waals surface area contributed by atoms with Crippen molar-refractivity contribution in [2.45, 2.75) is 53.9 Å². The highest BCUT2D eigenvalue weighted by molar-refractivity contribution is 5.36. The first-order valence-electron chi connectivity index (χ1n) is 5.59. The summed E-state index contributed by atoms with van der Waals surface area (Å²) in [5, 5.41) is 0. The van der Waals surface area contributed by atoms with Crippen LogP contribution in [-0.4, -0.2) is 0 Å². The van der Waals surface area contributed by atoms with Gasteiger partial charge in [-0.3, -0.25) is 0 Å². The number of rotatable bonds is 3. The molecule has 1 heteroatoms. The van der Waals surface area contributed by atoms with E-state index in [9.17, 15) is 0 Å². The van der Waals surface area contributed by atoms with Crippen LogP contribution in [0.2, 0.25) is 0 Å². The van der Waals surface area contributed by atoms with Gasteiger partial charge in [0.2, 0.25) is 0 Å². The van der Waals surface area contributed by atoms with Gasteiger partial charge in [-0.2, -0.15) is 0 Å². The van der Waals surface area contributed by atoms with Crippen molar-refractivity contribution >= 4 is 0 Å². The minimum atomic E-state index is 0.992. The van der Waals surface area contributed by atoms with Gasteiger partial charge in [0.05, 0.1) is 24.0 Å². The van der Waals surface area contributed by atoms with Crippen LogP contribution in [0.15, 0.2) is 4.42 Å². The van der Waals surface area contributed by atoms with Crippen LogP contribution in [0.5, 0.6) is 0 Å². The topological polar surface area (TPSA) is 11.3 Å². The van der Waals surface area contributed by atoms with Crippen molar-refractivity contribution < 1.29 is 4.42 Å². The summed E-state index contributed by atoms with van der Waals surface area (Å²) < 4.78 is 5.88. The van der Waals surface area contributed by atoms with E-state index in [2.05, 4.69) is 34.6 Å². The van der Waals surface area contributed by atoms with Gasteiger partial charge in [0.15, 0.2) is 0 Å². The lowest BCUT2D eigenvalue weighted by atomic mass is 10.1. The maximum absolute atomic E-state index is 5.88. The summed E-state index contributed by atoms with van der Waals surface area (Å²) in [5.41, 5.74) is 4.18. The van der Waals surface area contributed by atoms with Crippen molar-refractivity contribution in [3.8, 4) is 0 Å². The van der Waals surface area contributed by atoms with Gasteiger partial charge in [0.1, 0.15) is 0 Å². The van der Waals surface area contributed by atoms with Gasteiger partial charge in [-0.1, -0.05) is 20.8 Å². The van der Waals surface area contributed by atoms with Gasteiger partial charge in [-0.15, -0.1) is 0 Å². The van der Waals surface area contributed by atoms with Crippen LogP contribution in [0.3, 0.4) is 0 Å². The maximum atomic E-state index is 5.88. The molecule has 78 valence electrons. The van der Waals surface area contributed by atoms with Crippen molar-refractivity contribution in [1.82, 2.24) is 0 Å². The Kier molecular flexibility index (Phi) is 3.68. The highest BCUT2D eigenvalue weighted by Crippen LogP contribution is 2.23. The number of aryl methyl sites for hydroxylation is 2. The first-order valence-corrected chi connectivity index (χ1v) is 5.59. The maximum Gasteiger partial charge on any atom is 0.332 e. The number of hydrogen-bond acceptors (Lipinski definition) is 0. The third-order valence-corrected chi connectivity index (χ3v) is 2.98. The Morgan fingerprint density at radius 2 is 1.21 bits per heavy atom. The SMILES string of the molecule is CCc1c(C)[13c](CC)[o+][13c](CC)c1C. The Labute approximate surface area is 87.2 Å². The molecule has 1 heterocycles. The van der Waals surface area contributed by atoms with Gasteiger partial charge in [0.25, 0.3) is 0 Å². The van der Waals surface area contributed by atoms with E-state index in [0.717, 1.165) is 30.8 Å². The molecule has 1 aromatic heterocycles. The van der Waals surface area contributed by atoms with Crippen LogP contribution in [-0.2, 0) is 19.3 Å². The molecular formula is C13H21O+. The largest absolute Gasteiger partial charge is 0.332 e. The van der Waals surface area contributed by atoms with Crippen molar-refractivity contribution in [3.63, 3.8) is 0 Å². The Morgan fingerprint density at radius 1 is 0.786 bits per heavy atom. The standard InChI is InChI=1S/C13H21O/c1-6-11-9(4)12(7-2)14-13(8-3)10(11)5/h6-8H2,1-5H3/q+1/i12+1,13+1. The predicted molar refractivity (Wildman–Crippen MR) is 60.7 cm³/mol. The molecule has 0 atom stereocenters. The van der Waals surface area contributed by atoms with Crippen LogP contribution in [0, 0.1) is 13.8 Å². The summed E-state index contributed by atoms with van der Waals surface area (Å²) in [6, 6.07) is 0. The highest BCUT2D eigenvalue weighted by atomic mass is 16.4. The predicted octanol–water partition coefficient (Wildman–Crippen LogP) is 3.86. The van der Waals surface area contributed by atoms with E-state index in [1.54, 1.807) is 0 Å². The minimum absolute atomic E-state index is 0.992. The molecule has 1 rings (SSSR count). The Balaban J connectivity index is 3.39. The molecule has 1 nitrogen and oxygen atoms in total. The fraction of sp³-hybridized carbons (Fsp3) is 0.615. The molecule has 0 amide bonds. The molecule has 0 saturated carbocycles. The summed E-state index contributed by atoms with van der Waals surface area (Å²) >= 11 is 0. The quantitative estimate of drug-likeness (QED) is 0.666. The summed E-state index contributed by atoms with van der Waals surface area (Å²) in [6.45, 7) is 10.9. The zero-order chi connectivity index (χ0) is 10.7. The Bertz CT molecular complexity index is 298. The molecule has 0 aliphatic rings. The molecule has 0 aromatic carbocycles. The molecule has 0 N–H and O–H groups in total. The molecule has 14 heavy (non-hydrogen) atoms. The zero-order valence-corrected chi connectivity index (χ0v) is 10.0. The van der Waals surface area contributed by atoms with Crippen LogP contribution in [0.25, 0.3) is 0 Å². The van der Waals surface area contributed by atoms with Crippen molar-refractivity contribution in [3.05, 3.63) is 28.2 Å². The molecule has 0 radical (unpaired) electrons. The third kappa shape index (κ3) is 1.82. The molecular weight excluding hydrogens is 174 g/mol. The van der Waals surface area contributed by atoms with Crippen LogP contribution < -0.4 is 0 Å². The van der Waals surface area contributed by atoms with E-state index in [0.29, 0.717) is 0 Å². The highest BCUT2D eigenvalue weighted by Gasteiger charge is 2.21. The lowest BCUT2D eigenvalue weighted by Gasteiger charge is -2.05. The molecule has 0 fully saturated rings. The summed E-state index contributed by atoms with van der Waals surface area (Å²) in [4.78, 5) is 0.